The van der Waals surface area contributed by atoms with Crippen molar-refractivity contribution in [2.45, 2.75) is 19.0 Å². The van der Waals surface area contributed by atoms with Crippen molar-refractivity contribution in [3.05, 3.63) is 29.0 Å². The summed E-state index contributed by atoms with van der Waals surface area (Å²) in [7, 11) is 1.15. The molecule has 0 aliphatic heterocycles. The number of ether oxygens (including phenoxy) is 1. The standard InChI is InChI=1S/C10H11ClFNO2/c1-10(12,9(14)15-2)6-7-3-4-13-8(11)5-7/h3-5H,6H2,1-2H3. The van der Waals surface area contributed by atoms with E-state index in [1.165, 1.54) is 19.2 Å². The molecule has 0 fully saturated rings. The summed E-state index contributed by atoms with van der Waals surface area (Å²) in [6.07, 6.45) is 1.38. The van der Waals surface area contributed by atoms with E-state index in [0.29, 0.717) is 5.56 Å². The van der Waals surface area contributed by atoms with Gasteiger partial charge in [-0.25, -0.2) is 14.2 Å². The molecule has 1 aromatic rings. The predicted octanol–water partition coefficient (Wildman–Crippen LogP) is 2.18. The molecule has 0 aliphatic carbocycles. The van der Waals surface area contributed by atoms with E-state index in [4.69, 9.17) is 11.6 Å². The Kier molecular flexibility index (Phi) is 3.63. The van der Waals surface area contributed by atoms with Crippen LogP contribution in [0.1, 0.15) is 12.5 Å². The zero-order chi connectivity index (χ0) is 11.5. The van der Waals surface area contributed by atoms with E-state index < -0.39 is 11.6 Å². The largest absolute Gasteiger partial charge is 0.467 e. The monoisotopic (exact) mass is 231 g/mol. The van der Waals surface area contributed by atoms with Crippen molar-refractivity contribution in [1.29, 1.82) is 0 Å². The number of carbonyl (C=O) groups excluding carboxylic acids is 1. The molecular formula is C10H11ClFNO2. The number of aromatic nitrogens is 1. The average molecular weight is 232 g/mol. The smallest absolute Gasteiger partial charge is 0.343 e. The van der Waals surface area contributed by atoms with Crippen molar-refractivity contribution >= 4 is 17.6 Å². The third-order valence-corrected chi connectivity index (χ3v) is 2.14. The van der Waals surface area contributed by atoms with Crippen LogP contribution >= 0.6 is 11.6 Å². The van der Waals surface area contributed by atoms with Gasteiger partial charge in [-0.2, -0.15) is 0 Å². The molecule has 1 unspecified atom stereocenters. The Hall–Kier alpha value is -1.16. The van der Waals surface area contributed by atoms with Gasteiger partial charge in [-0.3, -0.25) is 0 Å². The minimum Gasteiger partial charge on any atom is -0.467 e. The van der Waals surface area contributed by atoms with Gasteiger partial charge in [0.1, 0.15) is 5.15 Å². The van der Waals surface area contributed by atoms with Gasteiger partial charge in [0.25, 0.3) is 0 Å². The molecule has 15 heavy (non-hydrogen) atoms. The molecule has 0 amide bonds. The van der Waals surface area contributed by atoms with Gasteiger partial charge in [0.05, 0.1) is 7.11 Å². The van der Waals surface area contributed by atoms with Gasteiger partial charge in [0, 0.05) is 12.6 Å². The summed E-state index contributed by atoms with van der Waals surface area (Å²) in [5.41, 5.74) is -1.44. The number of hydrogen-bond donors (Lipinski definition) is 0. The third kappa shape index (κ3) is 3.16. The summed E-state index contributed by atoms with van der Waals surface area (Å²) in [5, 5.41) is 0.271. The SMILES string of the molecule is COC(=O)C(C)(F)Cc1ccnc(Cl)c1. The van der Waals surface area contributed by atoms with Crippen LogP contribution in [-0.4, -0.2) is 23.7 Å². The summed E-state index contributed by atoms with van der Waals surface area (Å²) in [6.45, 7) is 1.17. The first-order valence-corrected chi connectivity index (χ1v) is 4.71. The fourth-order valence-corrected chi connectivity index (χ4v) is 1.42. The van der Waals surface area contributed by atoms with Crippen LogP contribution in [0.2, 0.25) is 5.15 Å². The summed E-state index contributed by atoms with van der Waals surface area (Å²) >= 11 is 5.64. The molecule has 3 nitrogen and oxygen atoms in total. The average Bonchev–Trinajstić information content (AvgIpc) is 2.15. The van der Waals surface area contributed by atoms with Crippen molar-refractivity contribution in [2.75, 3.05) is 7.11 Å². The minimum atomic E-state index is -2.04. The minimum absolute atomic E-state index is 0.0814. The molecule has 1 atom stereocenters. The van der Waals surface area contributed by atoms with E-state index in [1.807, 2.05) is 0 Å². The Balaban J connectivity index is 2.81. The predicted molar refractivity (Wildman–Crippen MR) is 54.5 cm³/mol. The summed E-state index contributed by atoms with van der Waals surface area (Å²) in [6, 6.07) is 3.12. The zero-order valence-electron chi connectivity index (χ0n) is 8.46. The van der Waals surface area contributed by atoms with E-state index >= 15 is 0 Å². The highest BCUT2D eigenvalue weighted by Gasteiger charge is 2.34. The van der Waals surface area contributed by atoms with Gasteiger partial charge in [0.2, 0.25) is 5.67 Å². The first-order valence-electron chi connectivity index (χ1n) is 4.33. The topological polar surface area (TPSA) is 39.2 Å². The molecule has 0 spiro atoms. The Bertz CT molecular complexity index is 368. The third-order valence-electron chi connectivity index (χ3n) is 1.94. The molecule has 1 aromatic heterocycles. The van der Waals surface area contributed by atoms with E-state index in [0.717, 1.165) is 7.11 Å². The number of pyridine rings is 1. The van der Waals surface area contributed by atoms with Crippen molar-refractivity contribution in [3.63, 3.8) is 0 Å². The van der Waals surface area contributed by atoms with Crippen LogP contribution in [0.5, 0.6) is 0 Å². The van der Waals surface area contributed by atoms with Crippen molar-refractivity contribution in [3.8, 4) is 0 Å². The molecule has 1 rings (SSSR count). The highest BCUT2D eigenvalue weighted by molar-refractivity contribution is 6.29. The quantitative estimate of drug-likeness (QED) is 0.591. The lowest BCUT2D eigenvalue weighted by Gasteiger charge is -2.17. The highest BCUT2D eigenvalue weighted by Crippen LogP contribution is 2.20. The number of esters is 1. The summed E-state index contributed by atoms with van der Waals surface area (Å²) in [5.74, 6) is -0.893. The Morgan fingerprint density at radius 2 is 2.40 bits per heavy atom. The number of carbonyl (C=O) groups is 1. The molecule has 0 N–H and O–H groups in total. The number of rotatable bonds is 3. The maximum Gasteiger partial charge on any atom is 0.343 e. The second-order valence-electron chi connectivity index (χ2n) is 3.35. The molecule has 0 saturated heterocycles. The molecule has 1 heterocycles. The van der Waals surface area contributed by atoms with Gasteiger partial charge in [-0.1, -0.05) is 11.6 Å². The summed E-state index contributed by atoms with van der Waals surface area (Å²) < 4.78 is 18.1. The fraction of sp³-hybridized carbons (Fsp3) is 0.400. The second kappa shape index (κ2) is 4.57. The number of hydrogen-bond acceptors (Lipinski definition) is 3. The molecule has 0 bridgehead atoms. The van der Waals surface area contributed by atoms with Crippen LogP contribution in [0.3, 0.4) is 0 Å². The Morgan fingerprint density at radius 3 is 2.93 bits per heavy atom. The van der Waals surface area contributed by atoms with Gasteiger partial charge in [-0.05, 0) is 24.6 Å². The number of halogens is 2. The van der Waals surface area contributed by atoms with Crippen molar-refractivity contribution in [1.82, 2.24) is 4.98 Å². The maximum atomic E-state index is 13.8. The lowest BCUT2D eigenvalue weighted by atomic mass is 9.99. The normalized spacial score (nSPS) is 14.4. The van der Waals surface area contributed by atoms with E-state index in [9.17, 15) is 9.18 Å². The number of methoxy groups -OCH3 is 1. The fourth-order valence-electron chi connectivity index (χ4n) is 1.22. The van der Waals surface area contributed by atoms with Crippen LogP contribution < -0.4 is 0 Å². The maximum absolute atomic E-state index is 13.8. The van der Waals surface area contributed by atoms with Crippen LogP contribution in [0.25, 0.3) is 0 Å². The lowest BCUT2D eigenvalue weighted by Crippen LogP contribution is -2.33. The zero-order valence-corrected chi connectivity index (χ0v) is 9.21. The van der Waals surface area contributed by atoms with Crippen molar-refractivity contribution in [2.24, 2.45) is 0 Å². The molecule has 5 heteroatoms. The van der Waals surface area contributed by atoms with Crippen LogP contribution in [0.4, 0.5) is 4.39 Å². The summed E-state index contributed by atoms with van der Waals surface area (Å²) in [4.78, 5) is 14.8. The van der Waals surface area contributed by atoms with Gasteiger partial charge in [-0.15, -0.1) is 0 Å². The molecule has 0 aromatic carbocycles. The molecule has 0 aliphatic rings. The van der Waals surface area contributed by atoms with Crippen LogP contribution in [-0.2, 0) is 16.0 Å². The van der Waals surface area contributed by atoms with Crippen molar-refractivity contribution < 1.29 is 13.9 Å². The van der Waals surface area contributed by atoms with Gasteiger partial charge in [0.15, 0.2) is 0 Å². The van der Waals surface area contributed by atoms with E-state index in [-0.39, 0.29) is 11.6 Å². The van der Waals surface area contributed by atoms with Crippen LogP contribution in [0.15, 0.2) is 18.3 Å². The van der Waals surface area contributed by atoms with E-state index in [1.54, 1.807) is 6.07 Å². The molecule has 0 saturated carbocycles. The molecule has 0 radical (unpaired) electrons. The number of nitrogens with zero attached hydrogens (tertiary/aromatic N) is 1. The van der Waals surface area contributed by atoms with Crippen LogP contribution in [0, 0.1) is 0 Å². The van der Waals surface area contributed by atoms with Gasteiger partial charge < -0.3 is 4.74 Å². The second-order valence-corrected chi connectivity index (χ2v) is 3.74. The number of alkyl halides is 1. The van der Waals surface area contributed by atoms with Gasteiger partial charge >= 0.3 is 5.97 Å². The van der Waals surface area contributed by atoms with E-state index in [2.05, 4.69) is 9.72 Å². The molecule has 82 valence electrons. The highest BCUT2D eigenvalue weighted by atomic mass is 35.5. The molecular weight excluding hydrogens is 221 g/mol. The Morgan fingerprint density at radius 1 is 1.73 bits per heavy atom. The lowest BCUT2D eigenvalue weighted by molar-refractivity contribution is -0.153. The first-order chi connectivity index (χ1) is 6.95. The Labute approximate surface area is 92.2 Å². The first kappa shape index (κ1) is 11.9.